The minimum Gasteiger partial charge on any atom is -0.356 e. The van der Waals surface area contributed by atoms with Crippen molar-refractivity contribution in [2.75, 3.05) is 26.2 Å². The van der Waals surface area contributed by atoms with Crippen molar-refractivity contribution in [3.63, 3.8) is 0 Å². The molecule has 0 saturated carbocycles. The van der Waals surface area contributed by atoms with Gasteiger partial charge in [0, 0.05) is 41.6 Å². The summed E-state index contributed by atoms with van der Waals surface area (Å²) in [5.41, 5.74) is 2.33. The molecule has 1 fully saturated rings. The van der Waals surface area contributed by atoms with Crippen molar-refractivity contribution in [2.45, 2.75) is 25.2 Å². The van der Waals surface area contributed by atoms with Crippen LogP contribution in [0.2, 0.25) is 5.02 Å². The van der Waals surface area contributed by atoms with Crippen LogP contribution in [0.1, 0.15) is 36.4 Å². The summed E-state index contributed by atoms with van der Waals surface area (Å²) in [7, 11) is 0. The standard InChI is InChI=1S/C27H29ClFN3O2/c1-2-19(10-13-30-26(33)9-6-20-4-3-5-22(28)16-20)18-32-14-11-21(12-15-32)27-24-8-7-23(29)17-25(24)34-31-27/h2-9,16-17,19,21H,1,10-15,18H2,(H,30,33)/b9-6+/t19-/m0/s1. The lowest BCUT2D eigenvalue weighted by atomic mass is 9.91. The molecule has 2 aromatic carbocycles. The number of piperidine rings is 1. The fraction of sp³-hybridized carbons (Fsp3) is 0.333. The third-order valence-corrected chi connectivity index (χ3v) is 6.59. The predicted octanol–water partition coefficient (Wildman–Crippen LogP) is 5.82. The molecule has 0 unspecified atom stereocenters. The number of likely N-dealkylation sites (tertiary alicyclic amines) is 1. The molecule has 1 N–H and O–H groups in total. The van der Waals surface area contributed by atoms with E-state index in [-0.39, 0.29) is 11.7 Å². The number of aromatic nitrogens is 1. The first-order valence-corrected chi connectivity index (χ1v) is 12.0. The van der Waals surface area contributed by atoms with Gasteiger partial charge in [0.2, 0.25) is 5.91 Å². The maximum atomic E-state index is 13.4. The Hall–Kier alpha value is -2.96. The highest BCUT2D eigenvalue weighted by molar-refractivity contribution is 6.30. The van der Waals surface area contributed by atoms with E-state index in [1.807, 2.05) is 24.3 Å². The summed E-state index contributed by atoms with van der Waals surface area (Å²) in [5.74, 6) is 0.178. The number of fused-ring (bicyclic) bond motifs is 1. The highest BCUT2D eigenvalue weighted by atomic mass is 35.5. The van der Waals surface area contributed by atoms with Crippen LogP contribution in [0.15, 0.2) is 65.7 Å². The first-order valence-electron chi connectivity index (χ1n) is 11.6. The van der Waals surface area contributed by atoms with Crippen molar-refractivity contribution >= 4 is 34.6 Å². The van der Waals surface area contributed by atoms with Crippen molar-refractivity contribution < 1.29 is 13.7 Å². The van der Waals surface area contributed by atoms with Gasteiger partial charge in [0.05, 0.1) is 5.69 Å². The number of hydrogen-bond acceptors (Lipinski definition) is 4. The first-order chi connectivity index (χ1) is 16.5. The summed E-state index contributed by atoms with van der Waals surface area (Å²) in [4.78, 5) is 14.6. The average Bonchev–Trinajstić information content (AvgIpc) is 3.25. The number of benzene rings is 2. The van der Waals surface area contributed by atoms with Gasteiger partial charge in [-0.25, -0.2) is 4.39 Å². The summed E-state index contributed by atoms with van der Waals surface area (Å²) in [6, 6.07) is 12.0. The molecule has 1 aromatic heterocycles. The van der Waals surface area contributed by atoms with E-state index >= 15 is 0 Å². The molecule has 1 aliphatic heterocycles. The second kappa shape index (κ2) is 11.4. The fourth-order valence-corrected chi connectivity index (χ4v) is 4.65. The number of nitrogens with one attached hydrogen (secondary N) is 1. The van der Waals surface area contributed by atoms with E-state index in [2.05, 4.69) is 22.0 Å². The lowest BCUT2D eigenvalue weighted by molar-refractivity contribution is -0.116. The zero-order chi connectivity index (χ0) is 23.9. The number of hydrogen-bond donors (Lipinski definition) is 1. The highest BCUT2D eigenvalue weighted by Crippen LogP contribution is 2.33. The normalized spacial score (nSPS) is 16.2. The van der Waals surface area contributed by atoms with Crippen LogP contribution < -0.4 is 5.32 Å². The Morgan fingerprint density at radius 3 is 2.88 bits per heavy atom. The Balaban J connectivity index is 1.20. The Morgan fingerprint density at radius 2 is 2.12 bits per heavy atom. The van der Waals surface area contributed by atoms with E-state index in [0.29, 0.717) is 29.0 Å². The van der Waals surface area contributed by atoms with Crippen LogP contribution >= 0.6 is 11.6 Å². The van der Waals surface area contributed by atoms with Crippen LogP contribution in [0, 0.1) is 11.7 Å². The molecule has 34 heavy (non-hydrogen) atoms. The summed E-state index contributed by atoms with van der Waals surface area (Å²) in [6.07, 6.45) is 8.05. The molecular weight excluding hydrogens is 453 g/mol. The Morgan fingerprint density at radius 1 is 1.29 bits per heavy atom. The Kier molecular flexibility index (Phi) is 8.14. The van der Waals surface area contributed by atoms with Gasteiger partial charge in [-0.15, -0.1) is 6.58 Å². The molecular formula is C27H29ClFN3O2. The van der Waals surface area contributed by atoms with E-state index in [1.54, 1.807) is 18.2 Å². The van der Waals surface area contributed by atoms with Crippen molar-refractivity contribution in [1.82, 2.24) is 15.4 Å². The molecule has 3 aromatic rings. The van der Waals surface area contributed by atoms with Gasteiger partial charge < -0.3 is 14.7 Å². The lowest BCUT2D eigenvalue weighted by Crippen LogP contribution is -2.37. The average molecular weight is 482 g/mol. The van der Waals surface area contributed by atoms with Crippen LogP contribution in [-0.2, 0) is 4.79 Å². The largest absolute Gasteiger partial charge is 0.356 e. The Bertz CT molecular complexity index is 1170. The molecule has 0 radical (unpaired) electrons. The monoisotopic (exact) mass is 481 g/mol. The number of amides is 1. The second-order valence-electron chi connectivity index (χ2n) is 8.75. The molecule has 7 heteroatoms. The minimum absolute atomic E-state index is 0.122. The number of carbonyl (C=O) groups excluding carboxylic acids is 1. The second-order valence-corrected chi connectivity index (χ2v) is 9.18. The molecule has 1 amide bonds. The van der Waals surface area contributed by atoms with Gasteiger partial charge in [-0.2, -0.15) is 0 Å². The van der Waals surface area contributed by atoms with Gasteiger partial charge in [-0.1, -0.05) is 35.0 Å². The molecule has 0 aliphatic carbocycles. The number of rotatable bonds is 9. The fourth-order valence-electron chi connectivity index (χ4n) is 4.45. The molecule has 1 atom stereocenters. The zero-order valence-electron chi connectivity index (χ0n) is 19.1. The third kappa shape index (κ3) is 6.33. The summed E-state index contributed by atoms with van der Waals surface area (Å²) in [6.45, 7) is 7.40. The number of carbonyl (C=O) groups is 1. The quantitative estimate of drug-likeness (QED) is 0.309. The van der Waals surface area contributed by atoms with Crippen molar-refractivity contribution in [3.05, 3.63) is 83.3 Å². The molecule has 5 nitrogen and oxygen atoms in total. The maximum absolute atomic E-state index is 13.4. The summed E-state index contributed by atoms with van der Waals surface area (Å²) >= 11 is 5.97. The van der Waals surface area contributed by atoms with Crippen LogP contribution in [0.3, 0.4) is 0 Å². The van der Waals surface area contributed by atoms with Gasteiger partial charge in [0.25, 0.3) is 0 Å². The number of halogens is 2. The first kappa shape index (κ1) is 24.2. The van der Waals surface area contributed by atoms with Crippen LogP contribution in [0.25, 0.3) is 17.0 Å². The third-order valence-electron chi connectivity index (χ3n) is 6.35. The van der Waals surface area contributed by atoms with E-state index < -0.39 is 0 Å². The smallest absolute Gasteiger partial charge is 0.243 e. The summed E-state index contributed by atoms with van der Waals surface area (Å²) in [5, 5.41) is 8.73. The van der Waals surface area contributed by atoms with E-state index in [0.717, 1.165) is 55.5 Å². The van der Waals surface area contributed by atoms with E-state index in [9.17, 15) is 9.18 Å². The topological polar surface area (TPSA) is 58.4 Å². The molecule has 1 aliphatic rings. The lowest BCUT2D eigenvalue weighted by Gasteiger charge is -2.33. The Labute approximate surface area is 204 Å². The summed E-state index contributed by atoms with van der Waals surface area (Å²) < 4.78 is 18.8. The molecule has 178 valence electrons. The molecule has 4 rings (SSSR count). The van der Waals surface area contributed by atoms with Gasteiger partial charge in [-0.05, 0) is 74.2 Å². The van der Waals surface area contributed by atoms with E-state index in [4.69, 9.17) is 16.1 Å². The van der Waals surface area contributed by atoms with Gasteiger partial charge in [0.15, 0.2) is 5.58 Å². The number of nitrogens with zero attached hydrogens (tertiary/aromatic N) is 2. The molecule has 2 heterocycles. The zero-order valence-corrected chi connectivity index (χ0v) is 19.8. The minimum atomic E-state index is -0.311. The van der Waals surface area contributed by atoms with E-state index in [1.165, 1.54) is 18.2 Å². The van der Waals surface area contributed by atoms with Crippen LogP contribution in [0.4, 0.5) is 4.39 Å². The van der Waals surface area contributed by atoms with Crippen LogP contribution in [0.5, 0.6) is 0 Å². The van der Waals surface area contributed by atoms with Gasteiger partial charge >= 0.3 is 0 Å². The predicted molar refractivity (Wildman–Crippen MR) is 134 cm³/mol. The van der Waals surface area contributed by atoms with Crippen molar-refractivity contribution in [3.8, 4) is 0 Å². The van der Waals surface area contributed by atoms with Gasteiger partial charge in [-0.3, -0.25) is 4.79 Å². The highest BCUT2D eigenvalue weighted by Gasteiger charge is 2.26. The molecule has 0 spiro atoms. The maximum Gasteiger partial charge on any atom is 0.243 e. The van der Waals surface area contributed by atoms with Crippen molar-refractivity contribution in [1.29, 1.82) is 0 Å². The van der Waals surface area contributed by atoms with Crippen LogP contribution in [-0.4, -0.2) is 42.1 Å². The molecule has 0 bridgehead atoms. The molecule has 1 saturated heterocycles. The SMILES string of the molecule is C=C[C@@H](CCNC(=O)/C=C/c1cccc(Cl)c1)CN1CCC(c2noc3cc(F)ccc23)CC1. The van der Waals surface area contributed by atoms with Crippen molar-refractivity contribution in [2.24, 2.45) is 5.92 Å². The van der Waals surface area contributed by atoms with Gasteiger partial charge in [0.1, 0.15) is 5.82 Å².